The molecule has 0 aromatic carbocycles. The fourth-order valence-electron chi connectivity index (χ4n) is 3.33. The number of carbonyl (C=O) groups is 2. The summed E-state index contributed by atoms with van der Waals surface area (Å²) < 4.78 is 5.44. The van der Waals surface area contributed by atoms with Gasteiger partial charge in [0, 0.05) is 30.7 Å². The Balaban J connectivity index is 2.12. The van der Waals surface area contributed by atoms with E-state index in [9.17, 15) is 9.59 Å². The first-order valence-electron chi connectivity index (χ1n) is 6.82. The average Bonchev–Trinajstić information content (AvgIpc) is 2.44. The highest BCUT2D eigenvalue weighted by atomic mass is 16.5. The first kappa shape index (κ1) is 15.4. The lowest BCUT2D eigenvalue weighted by Crippen LogP contribution is -2.67. The zero-order valence-corrected chi connectivity index (χ0v) is 12.6. The quantitative estimate of drug-likeness (QED) is 0.879. The van der Waals surface area contributed by atoms with Crippen molar-refractivity contribution in [1.29, 1.82) is 0 Å². The van der Waals surface area contributed by atoms with Crippen molar-refractivity contribution in [2.75, 3.05) is 7.11 Å². The lowest BCUT2D eigenvalue weighted by molar-refractivity contribution is -0.141. The molecule has 2 N–H and O–H groups in total. The fourth-order valence-corrected chi connectivity index (χ4v) is 3.33. The minimum Gasteiger partial charge on any atom is -0.478 e. The van der Waals surface area contributed by atoms with Gasteiger partial charge in [0.1, 0.15) is 5.69 Å². The topological polar surface area (TPSA) is 88.5 Å². The molecule has 1 aliphatic rings. The molecule has 6 nitrogen and oxygen atoms in total. The molecule has 6 heteroatoms. The molecule has 114 valence electrons. The third-order valence-electron chi connectivity index (χ3n) is 4.32. The summed E-state index contributed by atoms with van der Waals surface area (Å²) in [6.07, 6.45) is 1.41. The Kier molecular flexibility index (Phi) is 4.00. The van der Waals surface area contributed by atoms with Crippen molar-refractivity contribution in [2.24, 2.45) is 11.3 Å². The average molecular weight is 292 g/mol. The molecule has 1 aliphatic carbocycles. The lowest BCUT2D eigenvalue weighted by Gasteiger charge is -2.56. The number of carboxylic acid groups (broad SMARTS) is 1. The van der Waals surface area contributed by atoms with E-state index in [0.29, 0.717) is 0 Å². The van der Waals surface area contributed by atoms with E-state index in [1.807, 2.05) is 20.8 Å². The van der Waals surface area contributed by atoms with Gasteiger partial charge in [-0.15, -0.1) is 0 Å². The molecule has 0 aliphatic heterocycles. The smallest absolute Gasteiger partial charge is 0.335 e. The highest BCUT2D eigenvalue weighted by Gasteiger charge is 2.55. The molecule has 1 aromatic heterocycles. The molecule has 0 spiro atoms. The molecule has 1 fully saturated rings. The van der Waals surface area contributed by atoms with Gasteiger partial charge in [0.25, 0.3) is 5.91 Å². The van der Waals surface area contributed by atoms with E-state index in [4.69, 9.17) is 9.84 Å². The van der Waals surface area contributed by atoms with Crippen molar-refractivity contribution in [3.05, 3.63) is 29.6 Å². The lowest BCUT2D eigenvalue weighted by atomic mass is 9.58. The van der Waals surface area contributed by atoms with E-state index >= 15 is 0 Å². The number of aromatic nitrogens is 1. The number of carboxylic acids is 1. The predicted octanol–water partition coefficient (Wildman–Crippen LogP) is 1.57. The Labute approximate surface area is 123 Å². The molecule has 1 amide bonds. The third kappa shape index (κ3) is 2.63. The number of nitrogens with zero attached hydrogens (tertiary/aromatic N) is 1. The summed E-state index contributed by atoms with van der Waals surface area (Å²) in [5, 5.41) is 11.9. The largest absolute Gasteiger partial charge is 0.478 e. The standard InChI is InChI=1S/C15H20N2O4/c1-8-11(15(2,3)12(8)21-4)17-13(18)10-7-9(14(19)20)5-6-16-10/h5-8,11-12H,1-4H3,(H,17,18)(H,19,20). The Hall–Kier alpha value is -1.95. The number of pyridine rings is 1. The highest BCUT2D eigenvalue weighted by Crippen LogP contribution is 2.46. The van der Waals surface area contributed by atoms with Crippen molar-refractivity contribution in [2.45, 2.75) is 32.9 Å². The number of carbonyl (C=O) groups excluding carboxylic acids is 1. The van der Waals surface area contributed by atoms with Crippen LogP contribution in [0.25, 0.3) is 0 Å². The van der Waals surface area contributed by atoms with E-state index < -0.39 is 5.97 Å². The summed E-state index contributed by atoms with van der Waals surface area (Å²) in [6.45, 7) is 6.09. The maximum atomic E-state index is 12.2. The molecule has 0 bridgehead atoms. The minimum absolute atomic E-state index is 0.0368. The van der Waals surface area contributed by atoms with E-state index in [-0.39, 0.29) is 40.6 Å². The number of amides is 1. The second kappa shape index (κ2) is 5.44. The molecule has 1 saturated carbocycles. The number of nitrogens with one attached hydrogen (secondary N) is 1. The van der Waals surface area contributed by atoms with Crippen LogP contribution < -0.4 is 5.32 Å². The first-order valence-corrected chi connectivity index (χ1v) is 6.82. The number of ether oxygens (including phenoxy) is 1. The Morgan fingerprint density at radius 1 is 1.43 bits per heavy atom. The molecule has 3 unspecified atom stereocenters. The normalized spacial score (nSPS) is 26.8. The third-order valence-corrected chi connectivity index (χ3v) is 4.32. The maximum absolute atomic E-state index is 12.2. The highest BCUT2D eigenvalue weighted by molar-refractivity contribution is 5.96. The summed E-state index contributed by atoms with van der Waals surface area (Å²) in [6, 6.07) is 2.60. The summed E-state index contributed by atoms with van der Waals surface area (Å²) in [5.41, 5.74) is -0.0153. The van der Waals surface area contributed by atoms with Crippen LogP contribution in [0.4, 0.5) is 0 Å². The zero-order chi connectivity index (χ0) is 15.8. The summed E-state index contributed by atoms with van der Waals surface area (Å²) in [4.78, 5) is 27.1. The second-order valence-electron chi connectivity index (χ2n) is 6.02. The van der Waals surface area contributed by atoms with Crippen LogP contribution in [-0.2, 0) is 4.74 Å². The molecule has 0 radical (unpaired) electrons. The van der Waals surface area contributed by atoms with Crippen LogP contribution >= 0.6 is 0 Å². The van der Waals surface area contributed by atoms with E-state index in [1.165, 1.54) is 18.3 Å². The van der Waals surface area contributed by atoms with Crippen molar-refractivity contribution in [3.8, 4) is 0 Å². The van der Waals surface area contributed by atoms with Crippen molar-refractivity contribution in [1.82, 2.24) is 10.3 Å². The van der Waals surface area contributed by atoms with Gasteiger partial charge in [0.2, 0.25) is 0 Å². The summed E-state index contributed by atoms with van der Waals surface area (Å²) in [7, 11) is 1.67. The number of methoxy groups -OCH3 is 1. The van der Waals surface area contributed by atoms with Crippen molar-refractivity contribution in [3.63, 3.8) is 0 Å². The molecular formula is C15H20N2O4. The number of hydrogen-bond donors (Lipinski definition) is 2. The first-order chi connectivity index (χ1) is 9.78. The van der Waals surface area contributed by atoms with Crippen LogP contribution in [-0.4, -0.2) is 41.2 Å². The van der Waals surface area contributed by atoms with Crippen molar-refractivity contribution < 1.29 is 19.4 Å². The van der Waals surface area contributed by atoms with Crippen LogP contribution in [0.5, 0.6) is 0 Å². The van der Waals surface area contributed by atoms with Crippen LogP contribution in [0.15, 0.2) is 18.3 Å². The van der Waals surface area contributed by atoms with Gasteiger partial charge in [-0.25, -0.2) is 4.79 Å². The minimum atomic E-state index is -1.08. The van der Waals surface area contributed by atoms with Crippen molar-refractivity contribution >= 4 is 11.9 Å². The number of rotatable bonds is 4. The van der Waals surface area contributed by atoms with Gasteiger partial charge < -0.3 is 15.2 Å². The molecule has 1 aromatic rings. The van der Waals surface area contributed by atoms with Gasteiger partial charge in [-0.1, -0.05) is 20.8 Å². The van der Waals surface area contributed by atoms with Gasteiger partial charge in [-0.3, -0.25) is 9.78 Å². The molecule has 1 heterocycles. The summed E-state index contributed by atoms with van der Waals surface area (Å²) in [5.74, 6) is -1.25. The maximum Gasteiger partial charge on any atom is 0.335 e. The van der Waals surface area contributed by atoms with E-state index in [2.05, 4.69) is 10.3 Å². The summed E-state index contributed by atoms with van der Waals surface area (Å²) >= 11 is 0. The molecule has 0 saturated heterocycles. The molecule has 21 heavy (non-hydrogen) atoms. The molecule has 3 atom stereocenters. The Morgan fingerprint density at radius 2 is 2.10 bits per heavy atom. The number of hydrogen-bond acceptors (Lipinski definition) is 4. The van der Waals surface area contributed by atoms with Gasteiger partial charge in [-0.2, -0.15) is 0 Å². The van der Waals surface area contributed by atoms with E-state index in [0.717, 1.165) is 0 Å². The van der Waals surface area contributed by atoms with Gasteiger partial charge in [-0.05, 0) is 12.1 Å². The van der Waals surface area contributed by atoms with Crippen LogP contribution in [0.1, 0.15) is 41.6 Å². The van der Waals surface area contributed by atoms with E-state index in [1.54, 1.807) is 7.11 Å². The van der Waals surface area contributed by atoms with Crippen LogP contribution in [0, 0.1) is 11.3 Å². The predicted molar refractivity (Wildman–Crippen MR) is 76.2 cm³/mol. The monoisotopic (exact) mass is 292 g/mol. The Morgan fingerprint density at radius 3 is 2.62 bits per heavy atom. The molecular weight excluding hydrogens is 272 g/mol. The van der Waals surface area contributed by atoms with Crippen LogP contribution in [0.2, 0.25) is 0 Å². The zero-order valence-electron chi connectivity index (χ0n) is 12.6. The fraction of sp³-hybridized carbons (Fsp3) is 0.533. The second-order valence-corrected chi connectivity index (χ2v) is 6.02. The Bertz CT molecular complexity index is 571. The SMILES string of the molecule is COC1C(C)C(NC(=O)c2cc(C(=O)O)ccn2)C1(C)C. The van der Waals surface area contributed by atoms with Gasteiger partial charge in [0.05, 0.1) is 11.7 Å². The molecule has 2 rings (SSSR count). The van der Waals surface area contributed by atoms with Gasteiger partial charge >= 0.3 is 5.97 Å². The van der Waals surface area contributed by atoms with Gasteiger partial charge in [0.15, 0.2) is 0 Å². The van der Waals surface area contributed by atoms with Crippen LogP contribution in [0.3, 0.4) is 0 Å². The number of aromatic carboxylic acids is 1.